The van der Waals surface area contributed by atoms with Gasteiger partial charge in [0.05, 0.1) is 0 Å². The molecule has 0 radical (unpaired) electrons. The van der Waals surface area contributed by atoms with Crippen LogP contribution in [0.1, 0.15) is 43.5 Å². The van der Waals surface area contributed by atoms with Crippen molar-refractivity contribution in [2.24, 2.45) is 5.73 Å². The molecule has 1 heterocycles. The summed E-state index contributed by atoms with van der Waals surface area (Å²) < 4.78 is 0. The van der Waals surface area contributed by atoms with Gasteiger partial charge in [-0.3, -0.25) is 9.80 Å². The van der Waals surface area contributed by atoms with Crippen molar-refractivity contribution in [3.05, 3.63) is 34.9 Å². The zero-order valence-corrected chi connectivity index (χ0v) is 14.3. The molecular weight excluding hydrogens is 258 g/mol. The molecule has 3 heteroatoms. The summed E-state index contributed by atoms with van der Waals surface area (Å²) in [6.07, 6.45) is 0. The van der Waals surface area contributed by atoms with Crippen LogP contribution in [0, 0.1) is 13.8 Å². The van der Waals surface area contributed by atoms with Crippen LogP contribution in [0.15, 0.2) is 18.2 Å². The molecule has 1 aliphatic rings. The number of rotatable bonds is 3. The number of benzene rings is 1. The molecule has 0 bridgehead atoms. The standard InChI is InChI=1S/C18H31N3/c1-14-10-15(2)12-16(11-14)17(13-19)20-6-8-21(9-7-20)18(3,4)5/h10-12,17H,6-9,13,19H2,1-5H3. The summed E-state index contributed by atoms with van der Waals surface area (Å²) in [5.41, 5.74) is 10.4. The maximum atomic E-state index is 6.10. The van der Waals surface area contributed by atoms with E-state index in [0.29, 0.717) is 12.6 Å². The van der Waals surface area contributed by atoms with E-state index in [-0.39, 0.29) is 5.54 Å². The lowest BCUT2D eigenvalue weighted by molar-refractivity contribution is 0.0433. The first-order valence-electron chi connectivity index (χ1n) is 8.08. The van der Waals surface area contributed by atoms with Gasteiger partial charge in [0.2, 0.25) is 0 Å². The van der Waals surface area contributed by atoms with Crippen molar-refractivity contribution in [1.82, 2.24) is 9.80 Å². The molecule has 1 fully saturated rings. The van der Waals surface area contributed by atoms with Crippen LogP contribution >= 0.6 is 0 Å². The van der Waals surface area contributed by atoms with Crippen LogP contribution in [-0.2, 0) is 0 Å². The highest BCUT2D eigenvalue weighted by atomic mass is 15.3. The third kappa shape index (κ3) is 4.06. The minimum absolute atomic E-state index is 0.268. The first kappa shape index (κ1) is 16.5. The number of hydrogen-bond acceptors (Lipinski definition) is 3. The molecule has 1 unspecified atom stereocenters. The molecule has 118 valence electrons. The highest BCUT2D eigenvalue weighted by Crippen LogP contribution is 2.25. The Morgan fingerprint density at radius 3 is 1.95 bits per heavy atom. The van der Waals surface area contributed by atoms with Crippen molar-refractivity contribution in [3.63, 3.8) is 0 Å². The Hall–Kier alpha value is -0.900. The second kappa shape index (κ2) is 6.47. The molecule has 3 nitrogen and oxygen atoms in total. The quantitative estimate of drug-likeness (QED) is 0.928. The van der Waals surface area contributed by atoms with Gasteiger partial charge in [-0.1, -0.05) is 29.3 Å². The van der Waals surface area contributed by atoms with Gasteiger partial charge in [0.1, 0.15) is 0 Å². The third-order valence-electron chi connectivity index (χ3n) is 4.56. The maximum Gasteiger partial charge on any atom is 0.0471 e. The molecule has 0 aliphatic carbocycles. The van der Waals surface area contributed by atoms with Crippen LogP contribution in [0.25, 0.3) is 0 Å². The van der Waals surface area contributed by atoms with Crippen LogP contribution in [-0.4, -0.2) is 48.1 Å². The van der Waals surface area contributed by atoms with Crippen LogP contribution in [0.5, 0.6) is 0 Å². The molecule has 2 rings (SSSR count). The predicted octanol–water partition coefficient (Wildman–Crippen LogP) is 2.72. The summed E-state index contributed by atoms with van der Waals surface area (Å²) in [5, 5.41) is 0. The molecule has 0 amide bonds. The monoisotopic (exact) mass is 289 g/mol. The Kier molecular flexibility index (Phi) is 5.07. The van der Waals surface area contributed by atoms with E-state index in [0.717, 1.165) is 26.2 Å². The SMILES string of the molecule is Cc1cc(C)cc(C(CN)N2CCN(C(C)(C)C)CC2)c1. The maximum absolute atomic E-state index is 6.10. The summed E-state index contributed by atoms with van der Waals surface area (Å²) >= 11 is 0. The first-order valence-corrected chi connectivity index (χ1v) is 8.08. The van der Waals surface area contributed by atoms with Crippen molar-refractivity contribution in [1.29, 1.82) is 0 Å². The van der Waals surface area contributed by atoms with E-state index in [1.807, 2.05) is 0 Å². The van der Waals surface area contributed by atoms with Gasteiger partial charge in [-0.05, 0) is 40.2 Å². The van der Waals surface area contributed by atoms with Crippen molar-refractivity contribution in [2.45, 2.75) is 46.2 Å². The summed E-state index contributed by atoms with van der Waals surface area (Å²) in [4.78, 5) is 5.12. The van der Waals surface area contributed by atoms with E-state index in [1.165, 1.54) is 16.7 Å². The van der Waals surface area contributed by atoms with E-state index in [2.05, 4.69) is 62.6 Å². The van der Waals surface area contributed by atoms with E-state index < -0.39 is 0 Å². The van der Waals surface area contributed by atoms with Crippen LogP contribution < -0.4 is 5.73 Å². The Bertz CT molecular complexity index is 448. The minimum Gasteiger partial charge on any atom is -0.329 e. The van der Waals surface area contributed by atoms with Crippen LogP contribution in [0.4, 0.5) is 0 Å². The Labute approximate surface area is 130 Å². The Morgan fingerprint density at radius 2 is 1.52 bits per heavy atom. The number of aryl methyl sites for hydroxylation is 2. The normalized spacial score (nSPS) is 19.7. The summed E-state index contributed by atoms with van der Waals surface area (Å²) in [7, 11) is 0. The summed E-state index contributed by atoms with van der Waals surface area (Å²) in [5.74, 6) is 0. The fourth-order valence-corrected chi connectivity index (χ4v) is 3.40. The van der Waals surface area contributed by atoms with Gasteiger partial charge in [0.25, 0.3) is 0 Å². The lowest BCUT2D eigenvalue weighted by Crippen LogP contribution is -2.54. The lowest BCUT2D eigenvalue weighted by Gasteiger charge is -2.44. The van der Waals surface area contributed by atoms with E-state index in [9.17, 15) is 0 Å². The smallest absolute Gasteiger partial charge is 0.0471 e. The molecule has 0 aromatic heterocycles. The molecule has 1 atom stereocenters. The first-order chi connectivity index (χ1) is 9.81. The fraction of sp³-hybridized carbons (Fsp3) is 0.667. The molecule has 1 saturated heterocycles. The van der Waals surface area contributed by atoms with Crippen LogP contribution in [0.2, 0.25) is 0 Å². The van der Waals surface area contributed by atoms with E-state index in [4.69, 9.17) is 5.73 Å². The van der Waals surface area contributed by atoms with Gasteiger partial charge >= 0.3 is 0 Å². The predicted molar refractivity (Wildman–Crippen MR) is 90.6 cm³/mol. The zero-order valence-electron chi connectivity index (χ0n) is 14.3. The number of piperazine rings is 1. The van der Waals surface area contributed by atoms with Gasteiger partial charge < -0.3 is 5.73 Å². The fourth-order valence-electron chi connectivity index (χ4n) is 3.40. The largest absolute Gasteiger partial charge is 0.329 e. The number of nitrogens with two attached hydrogens (primary N) is 1. The van der Waals surface area contributed by atoms with Crippen molar-refractivity contribution >= 4 is 0 Å². The summed E-state index contributed by atoms with van der Waals surface area (Å²) in [6, 6.07) is 7.17. The Morgan fingerprint density at radius 1 is 1.00 bits per heavy atom. The van der Waals surface area contributed by atoms with Crippen molar-refractivity contribution in [3.8, 4) is 0 Å². The minimum atomic E-state index is 0.268. The van der Waals surface area contributed by atoms with Crippen LogP contribution in [0.3, 0.4) is 0 Å². The molecule has 1 aliphatic heterocycles. The molecular formula is C18H31N3. The summed E-state index contributed by atoms with van der Waals surface area (Å²) in [6.45, 7) is 16.4. The Balaban J connectivity index is 2.09. The van der Waals surface area contributed by atoms with Crippen molar-refractivity contribution in [2.75, 3.05) is 32.7 Å². The molecule has 2 N–H and O–H groups in total. The molecule has 21 heavy (non-hydrogen) atoms. The lowest BCUT2D eigenvalue weighted by atomic mass is 9.98. The molecule has 0 spiro atoms. The van der Waals surface area contributed by atoms with E-state index >= 15 is 0 Å². The van der Waals surface area contributed by atoms with Gasteiger partial charge in [-0.25, -0.2) is 0 Å². The highest BCUT2D eigenvalue weighted by molar-refractivity contribution is 5.31. The number of hydrogen-bond donors (Lipinski definition) is 1. The zero-order chi connectivity index (χ0) is 15.6. The second-order valence-electron chi connectivity index (χ2n) is 7.37. The highest BCUT2D eigenvalue weighted by Gasteiger charge is 2.29. The third-order valence-corrected chi connectivity index (χ3v) is 4.56. The second-order valence-corrected chi connectivity index (χ2v) is 7.37. The molecule has 1 aromatic carbocycles. The van der Waals surface area contributed by atoms with Crippen molar-refractivity contribution < 1.29 is 0 Å². The average Bonchev–Trinajstić information content (AvgIpc) is 2.38. The molecule has 0 saturated carbocycles. The van der Waals surface area contributed by atoms with E-state index in [1.54, 1.807) is 0 Å². The van der Waals surface area contributed by atoms with Gasteiger partial charge in [-0.15, -0.1) is 0 Å². The van der Waals surface area contributed by atoms with Gasteiger partial charge in [-0.2, -0.15) is 0 Å². The van der Waals surface area contributed by atoms with Gasteiger partial charge in [0.15, 0.2) is 0 Å². The molecule has 1 aromatic rings. The average molecular weight is 289 g/mol. The number of nitrogens with zero attached hydrogens (tertiary/aromatic N) is 2. The van der Waals surface area contributed by atoms with Gasteiger partial charge in [0, 0.05) is 44.3 Å². The topological polar surface area (TPSA) is 32.5 Å².